The third-order valence-electron chi connectivity index (χ3n) is 1.42. The summed E-state index contributed by atoms with van der Waals surface area (Å²) in [5, 5.41) is 0. The number of terminal acetylenes is 2. The van der Waals surface area contributed by atoms with Crippen LogP contribution in [0.15, 0.2) is 0 Å². The van der Waals surface area contributed by atoms with Crippen molar-refractivity contribution in [3.63, 3.8) is 0 Å². The molecule has 0 fully saturated rings. The molecule has 0 bridgehead atoms. The molecule has 4 heteroatoms. The van der Waals surface area contributed by atoms with Crippen LogP contribution in [0.2, 0.25) is 0 Å². The molecule has 0 aromatic rings. The summed E-state index contributed by atoms with van der Waals surface area (Å²) in [6.45, 7) is 4.06. The van der Waals surface area contributed by atoms with Crippen molar-refractivity contribution in [3.8, 4) is 24.7 Å². The molecule has 0 heterocycles. The molecule has 0 aliphatic heterocycles. The van der Waals surface area contributed by atoms with Gasteiger partial charge in [-0.1, -0.05) is 38.5 Å². The third kappa shape index (κ3) is 16.7. The maximum Gasteiger partial charge on any atom is 0.318 e. The summed E-state index contributed by atoms with van der Waals surface area (Å²) >= 11 is 0. The van der Waals surface area contributed by atoms with Gasteiger partial charge in [0.05, 0.1) is 0 Å². The molecule has 17 heavy (non-hydrogen) atoms. The molecule has 0 aliphatic carbocycles. The zero-order valence-electron chi connectivity index (χ0n) is 10.3. The first-order chi connectivity index (χ1) is 8.12. The highest BCUT2D eigenvalue weighted by atomic mass is 16.6. The number of rotatable bonds is 5. The van der Waals surface area contributed by atoms with Gasteiger partial charge in [0.2, 0.25) is 0 Å². The van der Waals surface area contributed by atoms with E-state index in [0.717, 1.165) is 0 Å². The summed E-state index contributed by atoms with van der Waals surface area (Å²) in [5.41, 5.74) is 0. The van der Waals surface area contributed by atoms with Crippen molar-refractivity contribution in [2.24, 2.45) is 0 Å². The average molecular weight is 238 g/mol. The molecule has 0 aromatic carbocycles. The third-order valence-corrected chi connectivity index (χ3v) is 1.42. The Morgan fingerprint density at radius 3 is 1.53 bits per heavy atom. The molecule has 0 saturated heterocycles. The first kappa shape index (κ1) is 17.5. The Morgan fingerprint density at radius 2 is 1.29 bits per heavy atom. The van der Waals surface area contributed by atoms with Crippen molar-refractivity contribution in [3.05, 3.63) is 0 Å². The number of ether oxygens (including phenoxy) is 2. The van der Waals surface area contributed by atoms with Gasteiger partial charge in [0, 0.05) is 0 Å². The fraction of sp³-hybridized carbons (Fsp3) is 0.538. The number of carbonyl (C=O) groups is 2. The van der Waals surface area contributed by atoms with Crippen molar-refractivity contribution in [1.29, 1.82) is 0 Å². The molecule has 4 nitrogen and oxygen atoms in total. The van der Waals surface area contributed by atoms with E-state index < -0.39 is 18.4 Å². The van der Waals surface area contributed by atoms with E-state index >= 15 is 0 Å². The van der Waals surface area contributed by atoms with Crippen LogP contribution in [0.1, 0.15) is 33.1 Å². The predicted octanol–water partition coefficient (Wildman–Crippen LogP) is 1.54. The molecule has 94 valence electrons. The normalized spacial score (nSPS) is 7.76. The van der Waals surface area contributed by atoms with Crippen molar-refractivity contribution in [2.45, 2.75) is 33.1 Å². The Kier molecular flexibility index (Phi) is 14.4. The minimum Gasteiger partial charge on any atom is -0.452 e. The number of hydrogen-bond donors (Lipinski definition) is 0. The van der Waals surface area contributed by atoms with Crippen LogP contribution in [0.4, 0.5) is 0 Å². The maximum absolute atomic E-state index is 10.7. The van der Waals surface area contributed by atoms with Crippen LogP contribution in [-0.2, 0) is 19.1 Å². The van der Waals surface area contributed by atoms with Crippen molar-refractivity contribution in [2.75, 3.05) is 13.2 Å². The second-order valence-electron chi connectivity index (χ2n) is 2.91. The summed E-state index contributed by atoms with van der Waals surface area (Å²) in [6, 6.07) is 0. The molecule has 0 unspecified atom stereocenters. The van der Waals surface area contributed by atoms with Gasteiger partial charge < -0.3 is 9.47 Å². The van der Waals surface area contributed by atoms with Crippen LogP contribution in [-0.4, -0.2) is 25.2 Å². The van der Waals surface area contributed by atoms with Gasteiger partial charge >= 0.3 is 11.9 Å². The molecule has 0 aromatic heterocycles. The molecular weight excluding hydrogens is 220 g/mol. The van der Waals surface area contributed by atoms with E-state index in [1.165, 1.54) is 12.8 Å². The molecular formula is C13H18O4. The van der Waals surface area contributed by atoms with Gasteiger partial charge in [0.15, 0.2) is 13.2 Å². The molecule has 0 saturated carbocycles. The second kappa shape index (κ2) is 14.1. The largest absolute Gasteiger partial charge is 0.452 e. The van der Waals surface area contributed by atoms with E-state index in [4.69, 9.17) is 12.8 Å². The minimum atomic E-state index is -0.722. The molecule has 0 aliphatic rings. The predicted molar refractivity (Wildman–Crippen MR) is 64.8 cm³/mol. The lowest BCUT2D eigenvalue weighted by Gasteiger charge is -2.00. The van der Waals surface area contributed by atoms with Gasteiger partial charge in [-0.25, -0.2) is 0 Å². The summed E-state index contributed by atoms with van der Waals surface area (Å²) in [7, 11) is 0. The van der Waals surface area contributed by atoms with Gasteiger partial charge in [-0.3, -0.25) is 9.59 Å². The Labute approximate surface area is 103 Å². The highest BCUT2D eigenvalue weighted by Crippen LogP contribution is 1.89. The Hall–Kier alpha value is -1.94. The summed E-state index contributed by atoms with van der Waals surface area (Å²) in [5.74, 6) is 2.73. The Bertz CT molecular complexity index is 264. The molecule has 0 atom stereocenters. The first-order valence-electron chi connectivity index (χ1n) is 5.30. The fourth-order valence-corrected chi connectivity index (χ4v) is 0.464. The molecule has 0 amide bonds. The summed E-state index contributed by atoms with van der Waals surface area (Å²) < 4.78 is 8.83. The fourth-order valence-electron chi connectivity index (χ4n) is 0.464. The monoisotopic (exact) mass is 238 g/mol. The smallest absolute Gasteiger partial charge is 0.318 e. The van der Waals surface area contributed by atoms with E-state index in [1.54, 1.807) is 0 Å². The van der Waals surface area contributed by atoms with Gasteiger partial charge in [-0.15, -0.1) is 12.8 Å². The quantitative estimate of drug-likeness (QED) is 0.414. The van der Waals surface area contributed by atoms with E-state index in [-0.39, 0.29) is 13.2 Å². The van der Waals surface area contributed by atoms with Crippen LogP contribution in [0.5, 0.6) is 0 Å². The van der Waals surface area contributed by atoms with Crippen LogP contribution < -0.4 is 0 Å². The summed E-state index contributed by atoms with van der Waals surface area (Å²) in [6.07, 6.45) is 11.8. The molecule has 0 radical (unpaired) electrons. The highest BCUT2D eigenvalue weighted by Gasteiger charge is 2.10. The topological polar surface area (TPSA) is 52.6 Å². The first-order valence-corrected chi connectivity index (χ1v) is 5.30. The van der Waals surface area contributed by atoms with Crippen LogP contribution in [0, 0.1) is 24.7 Å². The van der Waals surface area contributed by atoms with Gasteiger partial charge in [-0.2, -0.15) is 0 Å². The van der Waals surface area contributed by atoms with Crippen molar-refractivity contribution < 1.29 is 19.1 Å². The molecule has 0 rings (SSSR count). The second-order valence-corrected chi connectivity index (χ2v) is 2.91. The van der Waals surface area contributed by atoms with E-state index in [9.17, 15) is 9.59 Å². The molecule has 0 spiro atoms. The number of hydrogen-bond acceptors (Lipinski definition) is 4. The maximum atomic E-state index is 10.7. The zero-order chi connectivity index (χ0) is 13.5. The Morgan fingerprint density at radius 1 is 0.941 bits per heavy atom. The summed E-state index contributed by atoms with van der Waals surface area (Å²) in [4.78, 5) is 21.4. The number of unbranched alkanes of at least 4 members (excludes halogenated alkanes) is 1. The van der Waals surface area contributed by atoms with Gasteiger partial charge in [-0.05, 0) is 0 Å². The minimum absolute atomic E-state index is 0.152. The number of carbonyl (C=O) groups excluding carboxylic acids is 2. The lowest BCUT2D eigenvalue weighted by atomic mass is 10.4. The lowest BCUT2D eigenvalue weighted by molar-refractivity contribution is -0.152. The van der Waals surface area contributed by atoms with E-state index in [0.29, 0.717) is 0 Å². The Balaban J connectivity index is 0. The van der Waals surface area contributed by atoms with Crippen LogP contribution in [0.25, 0.3) is 0 Å². The standard InChI is InChI=1S/C9H8O4.C4H10/c1-3-5-12-8(10)7-9(11)13-6-4-2;1-3-4-2/h1-2H,5-7H2;3-4H2,1-2H3. The van der Waals surface area contributed by atoms with Gasteiger partial charge in [0.25, 0.3) is 0 Å². The average Bonchev–Trinajstić information content (AvgIpc) is 2.34. The van der Waals surface area contributed by atoms with Crippen LogP contribution >= 0.6 is 0 Å². The van der Waals surface area contributed by atoms with E-state index in [1.807, 2.05) is 0 Å². The highest BCUT2D eigenvalue weighted by molar-refractivity contribution is 5.91. The molecule has 0 N–H and O–H groups in total. The lowest BCUT2D eigenvalue weighted by Crippen LogP contribution is -2.14. The zero-order valence-corrected chi connectivity index (χ0v) is 10.3. The van der Waals surface area contributed by atoms with Gasteiger partial charge in [0.1, 0.15) is 6.42 Å². The number of esters is 2. The SMILES string of the molecule is C#CCOC(=O)CC(=O)OCC#C.CCCC. The van der Waals surface area contributed by atoms with Crippen molar-refractivity contribution in [1.82, 2.24) is 0 Å². The van der Waals surface area contributed by atoms with E-state index in [2.05, 4.69) is 35.2 Å². The van der Waals surface area contributed by atoms with Crippen LogP contribution in [0.3, 0.4) is 0 Å². The van der Waals surface area contributed by atoms with Crippen molar-refractivity contribution >= 4 is 11.9 Å².